The number of oxime groups is 1. The van der Waals surface area contributed by atoms with Gasteiger partial charge in [0, 0.05) is 6.21 Å². The Kier molecular flexibility index (Phi) is 6.44. The van der Waals surface area contributed by atoms with Gasteiger partial charge in [-0.3, -0.25) is 0 Å². The molecule has 1 atom stereocenters. The quantitative estimate of drug-likeness (QED) is 0.291. The number of allylic oxidation sites excluding steroid dienone is 2. The highest BCUT2D eigenvalue weighted by Gasteiger charge is 1.97. The normalized spacial score (nSPS) is 13.2. The molecule has 0 aliphatic heterocycles. The Bertz CT molecular complexity index is 157. The Hall–Kier alpha value is -0.790. The van der Waals surface area contributed by atoms with Crippen LogP contribution in [0.1, 0.15) is 40.0 Å². The molecule has 0 fully saturated rings. The highest BCUT2D eigenvalue weighted by molar-refractivity contribution is 5.56. The maximum Gasteiger partial charge on any atom is 0.0438 e. The molecule has 0 aromatic heterocycles. The van der Waals surface area contributed by atoms with Crippen LogP contribution in [0.5, 0.6) is 0 Å². The van der Waals surface area contributed by atoms with Crippen LogP contribution < -0.4 is 0 Å². The first-order valence-corrected chi connectivity index (χ1v) is 4.46. The average Bonchev–Trinajstić information content (AvgIpc) is 2.00. The first kappa shape index (κ1) is 11.2. The van der Waals surface area contributed by atoms with Crippen LogP contribution in [0.15, 0.2) is 16.8 Å². The summed E-state index contributed by atoms with van der Waals surface area (Å²) in [5.74, 6) is 0.608. The van der Waals surface area contributed by atoms with Crippen LogP contribution in [0.3, 0.4) is 0 Å². The van der Waals surface area contributed by atoms with Crippen LogP contribution >= 0.6 is 0 Å². The van der Waals surface area contributed by atoms with Gasteiger partial charge in [-0.2, -0.15) is 0 Å². The molecule has 1 N–H and O–H groups in total. The van der Waals surface area contributed by atoms with Crippen molar-refractivity contribution >= 4 is 6.21 Å². The predicted octanol–water partition coefficient (Wildman–Crippen LogP) is 3.22. The summed E-state index contributed by atoms with van der Waals surface area (Å²) in [5.41, 5.74) is 1.37. The summed E-state index contributed by atoms with van der Waals surface area (Å²) >= 11 is 0. The summed E-state index contributed by atoms with van der Waals surface area (Å²) in [6.07, 6.45) is 6.97. The fourth-order valence-electron chi connectivity index (χ4n) is 1.00. The maximum absolute atomic E-state index is 8.19. The van der Waals surface area contributed by atoms with Gasteiger partial charge in [-0.25, -0.2) is 0 Å². The van der Waals surface area contributed by atoms with E-state index >= 15 is 0 Å². The molecular formula is C10H19NO. The van der Waals surface area contributed by atoms with E-state index in [9.17, 15) is 0 Å². The van der Waals surface area contributed by atoms with Gasteiger partial charge in [-0.1, -0.05) is 18.6 Å². The lowest BCUT2D eigenvalue weighted by molar-refractivity contribution is 0.319. The zero-order valence-corrected chi connectivity index (χ0v) is 8.25. The number of hydrogen-bond acceptors (Lipinski definition) is 2. The number of hydrogen-bond donors (Lipinski definition) is 1. The van der Waals surface area contributed by atoms with Crippen molar-refractivity contribution in [2.45, 2.75) is 40.0 Å². The smallest absolute Gasteiger partial charge is 0.0438 e. The van der Waals surface area contributed by atoms with Gasteiger partial charge >= 0.3 is 0 Å². The van der Waals surface area contributed by atoms with Crippen molar-refractivity contribution in [1.29, 1.82) is 0 Å². The third-order valence-electron chi connectivity index (χ3n) is 1.80. The van der Waals surface area contributed by atoms with Gasteiger partial charge in [0.15, 0.2) is 0 Å². The number of nitrogens with zero attached hydrogens (tertiary/aromatic N) is 1. The Morgan fingerprint density at radius 1 is 1.50 bits per heavy atom. The molecule has 0 saturated heterocycles. The molecule has 2 nitrogen and oxygen atoms in total. The van der Waals surface area contributed by atoms with E-state index in [0.717, 1.165) is 19.3 Å². The lowest BCUT2D eigenvalue weighted by Crippen LogP contribution is -1.94. The van der Waals surface area contributed by atoms with Crippen LogP contribution in [0.25, 0.3) is 0 Å². The fourth-order valence-corrected chi connectivity index (χ4v) is 1.00. The first-order chi connectivity index (χ1) is 5.66. The van der Waals surface area contributed by atoms with Gasteiger partial charge < -0.3 is 5.21 Å². The van der Waals surface area contributed by atoms with E-state index in [1.165, 1.54) is 5.57 Å². The van der Waals surface area contributed by atoms with Gasteiger partial charge in [0.1, 0.15) is 0 Å². The molecule has 0 aliphatic rings. The van der Waals surface area contributed by atoms with Crippen LogP contribution in [0, 0.1) is 5.92 Å². The second-order valence-corrected chi connectivity index (χ2v) is 3.50. The second-order valence-electron chi connectivity index (χ2n) is 3.50. The van der Waals surface area contributed by atoms with Gasteiger partial charge in [-0.05, 0) is 39.0 Å². The summed E-state index contributed by atoms with van der Waals surface area (Å²) in [5, 5.41) is 11.2. The molecule has 70 valence electrons. The minimum atomic E-state index is 0.608. The second kappa shape index (κ2) is 6.89. The lowest BCUT2D eigenvalue weighted by atomic mass is 10.0. The largest absolute Gasteiger partial charge is 0.411 e. The molecule has 0 spiro atoms. The molecule has 0 amide bonds. The van der Waals surface area contributed by atoms with Crippen molar-refractivity contribution in [3.05, 3.63) is 11.6 Å². The highest BCUT2D eigenvalue weighted by atomic mass is 16.4. The van der Waals surface area contributed by atoms with Crippen molar-refractivity contribution < 1.29 is 5.21 Å². The van der Waals surface area contributed by atoms with Crippen LogP contribution in [-0.2, 0) is 0 Å². The van der Waals surface area contributed by atoms with E-state index in [1.807, 2.05) is 0 Å². The average molecular weight is 169 g/mol. The van der Waals surface area contributed by atoms with Crippen LogP contribution in [0.4, 0.5) is 0 Å². The topological polar surface area (TPSA) is 32.6 Å². The van der Waals surface area contributed by atoms with Crippen molar-refractivity contribution in [3.8, 4) is 0 Å². The monoisotopic (exact) mass is 169 g/mol. The first-order valence-electron chi connectivity index (χ1n) is 4.46. The Balaban J connectivity index is 3.43. The SMILES string of the molecule is CC(C)=CCCC(C)CC=NO. The highest BCUT2D eigenvalue weighted by Crippen LogP contribution is 2.10. The molecule has 0 bridgehead atoms. The van der Waals surface area contributed by atoms with E-state index in [1.54, 1.807) is 6.21 Å². The predicted molar refractivity (Wildman–Crippen MR) is 52.7 cm³/mol. The Morgan fingerprint density at radius 3 is 2.67 bits per heavy atom. The van der Waals surface area contributed by atoms with E-state index in [0.29, 0.717) is 5.92 Å². The zero-order valence-electron chi connectivity index (χ0n) is 8.25. The van der Waals surface area contributed by atoms with Crippen molar-refractivity contribution in [1.82, 2.24) is 0 Å². The summed E-state index contributed by atoms with van der Waals surface area (Å²) in [6.45, 7) is 6.39. The Labute approximate surface area is 75.0 Å². The summed E-state index contributed by atoms with van der Waals surface area (Å²) in [7, 11) is 0. The van der Waals surface area contributed by atoms with E-state index in [-0.39, 0.29) is 0 Å². The summed E-state index contributed by atoms with van der Waals surface area (Å²) < 4.78 is 0. The standard InChI is InChI=1S/C10H19NO/c1-9(2)5-4-6-10(3)7-8-11-12/h5,8,10,12H,4,6-7H2,1-3H3. The van der Waals surface area contributed by atoms with Crippen molar-refractivity contribution in [3.63, 3.8) is 0 Å². The third kappa shape index (κ3) is 7.32. The van der Waals surface area contributed by atoms with E-state index in [4.69, 9.17) is 5.21 Å². The van der Waals surface area contributed by atoms with Crippen molar-refractivity contribution in [2.75, 3.05) is 0 Å². The van der Waals surface area contributed by atoms with E-state index < -0.39 is 0 Å². The molecule has 0 saturated carbocycles. The zero-order chi connectivity index (χ0) is 9.40. The third-order valence-corrected chi connectivity index (χ3v) is 1.80. The van der Waals surface area contributed by atoms with Gasteiger partial charge in [0.25, 0.3) is 0 Å². The molecule has 0 rings (SSSR count). The molecule has 0 radical (unpaired) electrons. The van der Waals surface area contributed by atoms with Crippen molar-refractivity contribution in [2.24, 2.45) is 11.1 Å². The maximum atomic E-state index is 8.19. The fraction of sp³-hybridized carbons (Fsp3) is 0.700. The Morgan fingerprint density at radius 2 is 2.17 bits per heavy atom. The molecule has 2 heteroatoms. The molecule has 0 aromatic carbocycles. The van der Waals surface area contributed by atoms with Gasteiger partial charge in [0.05, 0.1) is 0 Å². The molecule has 0 aliphatic carbocycles. The molecule has 0 aromatic rings. The minimum Gasteiger partial charge on any atom is -0.411 e. The summed E-state index contributed by atoms with van der Waals surface area (Å²) in [4.78, 5) is 0. The molecular weight excluding hydrogens is 150 g/mol. The molecule has 0 heterocycles. The summed E-state index contributed by atoms with van der Waals surface area (Å²) in [6, 6.07) is 0. The molecule has 1 unspecified atom stereocenters. The number of rotatable bonds is 5. The minimum absolute atomic E-state index is 0.608. The van der Waals surface area contributed by atoms with Gasteiger partial charge in [-0.15, -0.1) is 5.16 Å². The molecule has 12 heavy (non-hydrogen) atoms. The lowest BCUT2D eigenvalue weighted by Gasteiger charge is -2.04. The van der Waals surface area contributed by atoms with Crippen LogP contribution in [0.2, 0.25) is 0 Å². The van der Waals surface area contributed by atoms with Gasteiger partial charge in [0.2, 0.25) is 0 Å². The van der Waals surface area contributed by atoms with Crippen LogP contribution in [-0.4, -0.2) is 11.4 Å². The van der Waals surface area contributed by atoms with E-state index in [2.05, 4.69) is 32.0 Å².